The first-order chi connectivity index (χ1) is 10.6. The van der Waals surface area contributed by atoms with Crippen LogP contribution in [0.25, 0.3) is 0 Å². The zero-order valence-corrected chi connectivity index (χ0v) is 13.7. The van der Waals surface area contributed by atoms with Crippen molar-refractivity contribution in [1.82, 2.24) is 0 Å². The smallest absolute Gasteiger partial charge is 0.0603 e. The lowest BCUT2D eigenvalue weighted by Gasteiger charge is -2.32. The number of rotatable bonds is 7. The summed E-state index contributed by atoms with van der Waals surface area (Å²) in [5, 5.41) is 8.97. The van der Waals surface area contributed by atoms with Crippen molar-refractivity contribution >= 4 is 17.1 Å². The standard InChI is InChI=1S/C19H26N2O/c1-15(2)9-10-16(3)21(18-7-5-4-6-8-18)19-13-11-17(20-22)12-14-19/h4-8,11-16,20,22H,9-10H2,1-3H3. The second kappa shape index (κ2) is 7.85. The maximum Gasteiger partial charge on any atom is 0.0603 e. The van der Waals surface area contributed by atoms with E-state index in [4.69, 9.17) is 5.21 Å². The molecule has 0 amide bonds. The Bertz CT molecular complexity index is 551. The summed E-state index contributed by atoms with van der Waals surface area (Å²) in [7, 11) is 0. The molecule has 1 atom stereocenters. The van der Waals surface area contributed by atoms with Gasteiger partial charge in [-0.25, -0.2) is 0 Å². The van der Waals surface area contributed by atoms with Crippen LogP contribution < -0.4 is 10.4 Å². The molecule has 0 saturated carbocycles. The minimum absolute atomic E-state index is 0.415. The van der Waals surface area contributed by atoms with Crippen LogP contribution in [0.4, 0.5) is 17.1 Å². The molecule has 0 bridgehead atoms. The van der Waals surface area contributed by atoms with Crippen LogP contribution in [0.1, 0.15) is 33.6 Å². The number of anilines is 3. The second-order valence-electron chi connectivity index (χ2n) is 6.18. The molecule has 22 heavy (non-hydrogen) atoms. The summed E-state index contributed by atoms with van der Waals surface area (Å²) < 4.78 is 0. The Morgan fingerprint density at radius 3 is 2.00 bits per heavy atom. The number of nitrogens with zero attached hydrogens (tertiary/aromatic N) is 1. The zero-order chi connectivity index (χ0) is 15.9. The Balaban J connectivity index is 2.28. The molecule has 2 N–H and O–H groups in total. The lowest BCUT2D eigenvalue weighted by atomic mass is 10.0. The molecule has 0 radical (unpaired) electrons. The first-order valence-electron chi connectivity index (χ1n) is 7.96. The van der Waals surface area contributed by atoms with Crippen LogP contribution in [0.2, 0.25) is 0 Å². The first-order valence-corrected chi connectivity index (χ1v) is 7.96. The summed E-state index contributed by atoms with van der Waals surface area (Å²) in [5.41, 5.74) is 5.22. The van der Waals surface area contributed by atoms with E-state index < -0.39 is 0 Å². The van der Waals surface area contributed by atoms with Crippen LogP contribution in [-0.4, -0.2) is 11.2 Å². The van der Waals surface area contributed by atoms with Gasteiger partial charge in [0.1, 0.15) is 0 Å². The molecule has 2 aromatic carbocycles. The molecule has 0 aliphatic heterocycles. The third kappa shape index (κ3) is 4.25. The summed E-state index contributed by atoms with van der Waals surface area (Å²) in [4.78, 5) is 2.36. The Hall–Kier alpha value is -2.00. The fraction of sp³-hybridized carbons (Fsp3) is 0.368. The number of para-hydroxylation sites is 1. The molecular weight excluding hydrogens is 272 g/mol. The SMILES string of the molecule is CC(C)CCC(C)N(c1ccccc1)c1ccc(NO)cc1. The van der Waals surface area contributed by atoms with Gasteiger partial charge in [0.15, 0.2) is 0 Å². The van der Waals surface area contributed by atoms with Crippen LogP contribution >= 0.6 is 0 Å². The summed E-state index contributed by atoms with van der Waals surface area (Å²) in [6, 6.07) is 18.7. The topological polar surface area (TPSA) is 35.5 Å². The Morgan fingerprint density at radius 1 is 0.864 bits per heavy atom. The minimum Gasteiger partial charge on any atom is -0.339 e. The van der Waals surface area contributed by atoms with E-state index in [1.54, 1.807) is 0 Å². The van der Waals surface area contributed by atoms with Crippen molar-refractivity contribution in [2.45, 2.75) is 39.7 Å². The van der Waals surface area contributed by atoms with Gasteiger partial charge in [-0.05, 0) is 62.1 Å². The van der Waals surface area contributed by atoms with Crippen molar-refractivity contribution in [1.29, 1.82) is 0 Å². The summed E-state index contributed by atoms with van der Waals surface area (Å²) in [6.45, 7) is 6.80. The lowest BCUT2D eigenvalue weighted by Crippen LogP contribution is -2.28. The fourth-order valence-corrected chi connectivity index (χ4v) is 2.65. The molecule has 118 valence electrons. The average molecular weight is 298 g/mol. The molecule has 0 aromatic heterocycles. The highest BCUT2D eigenvalue weighted by atomic mass is 16.5. The number of benzene rings is 2. The van der Waals surface area contributed by atoms with Crippen molar-refractivity contribution in [3.05, 3.63) is 54.6 Å². The van der Waals surface area contributed by atoms with E-state index in [9.17, 15) is 0 Å². The highest BCUT2D eigenvalue weighted by Crippen LogP contribution is 2.30. The maximum atomic E-state index is 8.97. The molecule has 1 unspecified atom stereocenters. The van der Waals surface area contributed by atoms with E-state index in [0.717, 1.165) is 12.1 Å². The molecule has 0 spiro atoms. The Kier molecular flexibility index (Phi) is 5.84. The van der Waals surface area contributed by atoms with Gasteiger partial charge in [-0.1, -0.05) is 32.0 Å². The molecule has 3 heteroatoms. The molecule has 0 saturated heterocycles. The summed E-state index contributed by atoms with van der Waals surface area (Å²) in [5.74, 6) is 0.709. The van der Waals surface area contributed by atoms with E-state index in [1.165, 1.54) is 12.1 Å². The molecule has 0 fully saturated rings. The van der Waals surface area contributed by atoms with Gasteiger partial charge in [0.2, 0.25) is 0 Å². The van der Waals surface area contributed by atoms with E-state index in [1.807, 2.05) is 30.3 Å². The summed E-state index contributed by atoms with van der Waals surface area (Å²) >= 11 is 0. The second-order valence-corrected chi connectivity index (χ2v) is 6.18. The molecule has 0 heterocycles. The van der Waals surface area contributed by atoms with Crippen LogP contribution in [0.3, 0.4) is 0 Å². The molecule has 3 nitrogen and oxygen atoms in total. The summed E-state index contributed by atoms with van der Waals surface area (Å²) in [6.07, 6.45) is 2.35. The third-order valence-electron chi connectivity index (χ3n) is 3.91. The van der Waals surface area contributed by atoms with Gasteiger partial charge in [0.05, 0.1) is 5.69 Å². The van der Waals surface area contributed by atoms with Crippen LogP contribution in [0.15, 0.2) is 54.6 Å². The molecule has 2 rings (SSSR count). The van der Waals surface area contributed by atoms with Gasteiger partial charge in [-0.2, -0.15) is 0 Å². The van der Waals surface area contributed by atoms with Crippen molar-refractivity contribution < 1.29 is 5.21 Å². The monoisotopic (exact) mass is 298 g/mol. The molecule has 0 aliphatic rings. The third-order valence-corrected chi connectivity index (χ3v) is 3.91. The van der Waals surface area contributed by atoms with Gasteiger partial charge >= 0.3 is 0 Å². The highest BCUT2D eigenvalue weighted by molar-refractivity contribution is 5.66. The van der Waals surface area contributed by atoms with Crippen molar-refractivity contribution in [2.75, 3.05) is 10.4 Å². The van der Waals surface area contributed by atoms with Crippen LogP contribution in [-0.2, 0) is 0 Å². The van der Waals surface area contributed by atoms with E-state index in [0.29, 0.717) is 17.6 Å². The Morgan fingerprint density at radius 2 is 1.45 bits per heavy atom. The maximum absolute atomic E-state index is 8.97. The van der Waals surface area contributed by atoms with Crippen molar-refractivity contribution in [3.8, 4) is 0 Å². The predicted octanol–water partition coefficient (Wildman–Crippen LogP) is 5.45. The van der Waals surface area contributed by atoms with Crippen molar-refractivity contribution in [3.63, 3.8) is 0 Å². The highest BCUT2D eigenvalue weighted by Gasteiger charge is 2.17. The first kappa shape index (κ1) is 16.4. The number of hydrogen-bond donors (Lipinski definition) is 2. The van der Waals surface area contributed by atoms with Gasteiger partial charge in [-0.3, -0.25) is 10.7 Å². The quantitative estimate of drug-likeness (QED) is 0.667. The van der Waals surface area contributed by atoms with Gasteiger partial charge < -0.3 is 4.90 Å². The van der Waals surface area contributed by atoms with E-state index in [2.05, 4.69) is 55.4 Å². The lowest BCUT2D eigenvalue weighted by molar-refractivity contribution is 0.389. The van der Waals surface area contributed by atoms with E-state index >= 15 is 0 Å². The van der Waals surface area contributed by atoms with Crippen LogP contribution in [0, 0.1) is 5.92 Å². The molecule has 2 aromatic rings. The molecular formula is C19H26N2O. The molecule has 0 aliphatic carbocycles. The average Bonchev–Trinajstić information content (AvgIpc) is 2.55. The fourth-order valence-electron chi connectivity index (χ4n) is 2.65. The normalized spacial score (nSPS) is 12.2. The van der Waals surface area contributed by atoms with Gasteiger partial charge in [0, 0.05) is 17.4 Å². The Labute approximate surface area is 133 Å². The van der Waals surface area contributed by atoms with Gasteiger partial charge in [0.25, 0.3) is 0 Å². The van der Waals surface area contributed by atoms with Gasteiger partial charge in [-0.15, -0.1) is 0 Å². The minimum atomic E-state index is 0.415. The van der Waals surface area contributed by atoms with E-state index in [-0.39, 0.29) is 0 Å². The predicted molar refractivity (Wildman–Crippen MR) is 94.0 cm³/mol. The number of hydrogen-bond acceptors (Lipinski definition) is 3. The van der Waals surface area contributed by atoms with Crippen molar-refractivity contribution in [2.24, 2.45) is 5.92 Å². The van der Waals surface area contributed by atoms with Crippen LogP contribution in [0.5, 0.6) is 0 Å². The largest absolute Gasteiger partial charge is 0.339 e. The number of nitrogens with one attached hydrogen (secondary N) is 1. The zero-order valence-electron chi connectivity index (χ0n) is 13.7.